The Balaban J connectivity index is 2.05. The minimum absolute atomic E-state index is 0.818. The first-order valence-electron chi connectivity index (χ1n) is 5.70. The molecule has 17 heavy (non-hydrogen) atoms. The van der Waals surface area contributed by atoms with Crippen molar-refractivity contribution in [3.05, 3.63) is 32.7 Å². The molecule has 0 bridgehead atoms. The molecule has 2 aromatic heterocycles. The van der Waals surface area contributed by atoms with Crippen molar-refractivity contribution in [2.75, 3.05) is 5.32 Å². The van der Waals surface area contributed by atoms with E-state index in [9.17, 15) is 0 Å². The third-order valence-corrected chi connectivity index (χ3v) is 4.39. The molecule has 0 atom stereocenters. The summed E-state index contributed by atoms with van der Waals surface area (Å²) in [6, 6.07) is 2.07. The third-order valence-electron chi connectivity index (χ3n) is 2.46. The summed E-state index contributed by atoms with van der Waals surface area (Å²) in [7, 11) is 0. The van der Waals surface area contributed by atoms with Crippen molar-refractivity contribution < 1.29 is 0 Å². The molecule has 5 heteroatoms. The number of hydrogen-bond acceptors (Lipinski definition) is 3. The molecule has 1 N–H and O–H groups in total. The fourth-order valence-electron chi connectivity index (χ4n) is 1.71. The molecule has 0 aliphatic carbocycles. The van der Waals surface area contributed by atoms with Gasteiger partial charge in [-0.25, -0.2) is 4.98 Å². The van der Waals surface area contributed by atoms with E-state index in [0.717, 1.165) is 31.2 Å². The summed E-state index contributed by atoms with van der Waals surface area (Å²) in [4.78, 5) is 5.80. The van der Waals surface area contributed by atoms with E-state index < -0.39 is 0 Å². The Labute approximate surface area is 114 Å². The zero-order valence-corrected chi connectivity index (χ0v) is 12.4. The predicted octanol–water partition coefficient (Wildman–Crippen LogP) is 4.04. The average Bonchev–Trinajstić information content (AvgIpc) is 2.83. The van der Waals surface area contributed by atoms with Gasteiger partial charge in [-0.15, -0.1) is 11.3 Å². The van der Waals surface area contributed by atoms with Crippen LogP contribution in [0.4, 0.5) is 5.95 Å². The first-order valence-corrected chi connectivity index (χ1v) is 7.37. The number of nitrogens with zero attached hydrogens (tertiary/aromatic N) is 2. The van der Waals surface area contributed by atoms with Crippen LogP contribution in [0.15, 0.2) is 22.1 Å². The molecule has 0 saturated carbocycles. The van der Waals surface area contributed by atoms with Crippen LogP contribution in [0.25, 0.3) is 0 Å². The van der Waals surface area contributed by atoms with Gasteiger partial charge >= 0.3 is 0 Å². The van der Waals surface area contributed by atoms with Gasteiger partial charge in [-0.2, -0.15) is 0 Å². The number of thiophene rings is 1. The van der Waals surface area contributed by atoms with Gasteiger partial charge in [0.15, 0.2) is 0 Å². The van der Waals surface area contributed by atoms with Gasteiger partial charge in [0.05, 0.1) is 12.2 Å². The van der Waals surface area contributed by atoms with Crippen molar-refractivity contribution in [3.8, 4) is 0 Å². The Morgan fingerprint density at radius 1 is 1.53 bits per heavy atom. The van der Waals surface area contributed by atoms with Crippen molar-refractivity contribution in [2.24, 2.45) is 0 Å². The number of imidazole rings is 1. The molecule has 2 aromatic rings. The van der Waals surface area contributed by atoms with Crippen molar-refractivity contribution in [3.63, 3.8) is 0 Å². The van der Waals surface area contributed by atoms with E-state index in [-0.39, 0.29) is 0 Å². The highest BCUT2D eigenvalue weighted by Gasteiger charge is 2.06. The SMILES string of the molecule is CCCn1cc(C)nc1NCc1sccc1Br. The van der Waals surface area contributed by atoms with Gasteiger partial charge in [0.2, 0.25) is 5.95 Å². The summed E-state index contributed by atoms with van der Waals surface area (Å²) in [6.07, 6.45) is 3.21. The quantitative estimate of drug-likeness (QED) is 0.903. The Kier molecular flexibility index (Phi) is 4.23. The second-order valence-corrected chi connectivity index (χ2v) is 5.80. The number of aryl methyl sites for hydroxylation is 2. The van der Waals surface area contributed by atoms with Crippen LogP contribution in [-0.2, 0) is 13.1 Å². The van der Waals surface area contributed by atoms with Crippen LogP contribution in [0, 0.1) is 6.92 Å². The first kappa shape index (κ1) is 12.6. The van der Waals surface area contributed by atoms with Gasteiger partial charge in [-0.05, 0) is 40.7 Å². The third kappa shape index (κ3) is 3.10. The summed E-state index contributed by atoms with van der Waals surface area (Å²) in [6.45, 7) is 6.03. The number of anilines is 1. The molecule has 0 aliphatic rings. The molecule has 0 radical (unpaired) electrons. The van der Waals surface area contributed by atoms with Gasteiger partial charge in [0, 0.05) is 22.1 Å². The number of aromatic nitrogens is 2. The first-order chi connectivity index (χ1) is 8.20. The summed E-state index contributed by atoms with van der Waals surface area (Å²) in [5.74, 6) is 0.963. The molecule has 0 amide bonds. The van der Waals surface area contributed by atoms with Crippen LogP contribution in [-0.4, -0.2) is 9.55 Å². The maximum atomic E-state index is 4.50. The Hall–Kier alpha value is -0.810. The summed E-state index contributed by atoms with van der Waals surface area (Å²) >= 11 is 5.29. The van der Waals surface area contributed by atoms with E-state index in [0.29, 0.717) is 0 Å². The van der Waals surface area contributed by atoms with Crippen molar-refractivity contribution >= 4 is 33.2 Å². The van der Waals surface area contributed by atoms with Crippen LogP contribution in [0.3, 0.4) is 0 Å². The minimum atomic E-state index is 0.818. The summed E-state index contributed by atoms with van der Waals surface area (Å²) < 4.78 is 3.34. The molecule has 92 valence electrons. The molecule has 0 spiro atoms. The van der Waals surface area contributed by atoms with Crippen LogP contribution in [0.2, 0.25) is 0 Å². The van der Waals surface area contributed by atoms with Crippen LogP contribution in [0.5, 0.6) is 0 Å². The summed E-state index contributed by atoms with van der Waals surface area (Å²) in [5.41, 5.74) is 1.06. The largest absolute Gasteiger partial charge is 0.351 e. The maximum Gasteiger partial charge on any atom is 0.203 e. The Bertz CT molecular complexity index is 490. The van der Waals surface area contributed by atoms with Crippen LogP contribution >= 0.6 is 27.3 Å². The predicted molar refractivity (Wildman–Crippen MR) is 76.6 cm³/mol. The van der Waals surface area contributed by atoms with E-state index >= 15 is 0 Å². The second-order valence-electron chi connectivity index (χ2n) is 3.94. The molecule has 2 heterocycles. The number of hydrogen-bond donors (Lipinski definition) is 1. The Morgan fingerprint density at radius 3 is 3.00 bits per heavy atom. The molecule has 0 aromatic carbocycles. The number of nitrogens with one attached hydrogen (secondary N) is 1. The van der Waals surface area contributed by atoms with Gasteiger partial charge in [0.1, 0.15) is 0 Å². The normalized spacial score (nSPS) is 10.8. The molecule has 0 unspecified atom stereocenters. The molecule has 3 nitrogen and oxygen atoms in total. The van der Waals surface area contributed by atoms with Gasteiger partial charge in [0.25, 0.3) is 0 Å². The number of halogens is 1. The van der Waals surface area contributed by atoms with E-state index in [4.69, 9.17) is 0 Å². The van der Waals surface area contributed by atoms with E-state index in [1.54, 1.807) is 11.3 Å². The topological polar surface area (TPSA) is 29.9 Å². The minimum Gasteiger partial charge on any atom is -0.351 e. The molecular formula is C12H16BrN3S. The lowest BCUT2D eigenvalue weighted by molar-refractivity contribution is 0.682. The van der Waals surface area contributed by atoms with Crippen molar-refractivity contribution in [2.45, 2.75) is 33.4 Å². The fourth-order valence-corrected chi connectivity index (χ4v) is 3.14. The standard InChI is InChI=1S/C12H16BrN3S/c1-3-5-16-8-9(2)15-12(16)14-7-11-10(13)4-6-17-11/h4,6,8H,3,5,7H2,1-2H3,(H,14,15). The lowest BCUT2D eigenvalue weighted by atomic mass is 10.4. The zero-order valence-electron chi connectivity index (χ0n) is 10.0. The average molecular weight is 314 g/mol. The number of rotatable bonds is 5. The molecule has 0 saturated heterocycles. The lowest BCUT2D eigenvalue weighted by Crippen LogP contribution is -2.06. The van der Waals surface area contributed by atoms with E-state index in [2.05, 4.69) is 55.4 Å². The Morgan fingerprint density at radius 2 is 2.35 bits per heavy atom. The molecule has 0 fully saturated rings. The zero-order chi connectivity index (χ0) is 12.3. The molecule has 2 rings (SSSR count). The van der Waals surface area contributed by atoms with Crippen molar-refractivity contribution in [1.29, 1.82) is 0 Å². The van der Waals surface area contributed by atoms with E-state index in [1.165, 1.54) is 9.35 Å². The maximum absolute atomic E-state index is 4.50. The highest BCUT2D eigenvalue weighted by atomic mass is 79.9. The van der Waals surface area contributed by atoms with Gasteiger partial charge in [-0.1, -0.05) is 6.92 Å². The van der Waals surface area contributed by atoms with Gasteiger partial charge in [-0.3, -0.25) is 0 Å². The second kappa shape index (κ2) is 5.69. The van der Waals surface area contributed by atoms with E-state index in [1.807, 2.05) is 6.92 Å². The van der Waals surface area contributed by atoms with Crippen LogP contribution < -0.4 is 5.32 Å². The van der Waals surface area contributed by atoms with Gasteiger partial charge < -0.3 is 9.88 Å². The monoisotopic (exact) mass is 313 g/mol. The van der Waals surface area contributed by atoms with Crippen LogP contribution in [0.1, 0.15) is 23.9 Å². The highest BCUT2D eigenvalue weighted by molar-refractivity contribution is 9.10. The summed E-state index contributed by atoms with van der Waals surface area (Å²) in [5, 5.41) is 5.48. The van der Waals surface area contributed by atoms with Crippen molar-refractivity contribution in [1.82, 2.24) is 9.55 Å². The fraction of sp³-hybridized carbons (Fsp3) is 0.417. The smallest absolute Gasteiger partial charge is 0.203 e. The molecular weight excluding hydrogens is 298 g/mol. The highest BCUT2D eigenvalue weighted by Crippen LogP contribution is 2.23. The molecule has 0 aliphatic heterocycles. The lowest BCUT2D eigenvalue weighted by Gasteiger charge is -2.07.